The maximum absolute atomic E-state index is 13.8. The fourth-order valence-corrected chi connectivity index (χ4v) is 6.04. The van der Waals surface area contributed by atoms with Crippen LogP contribution in [-0.4, -0.2) is 69.0 Å². The number of ether oxygens (including phenoxy) is 1. The molecule has 0 spiro atoms. The number of halogens is 3. The molecule has 2 aromatic rings. The molecule has 2 aliphatic heterocycles. The van der Waals surface area contributed by atoms with E-state index in [0.29, 0.717) is 24.9 Å². The summed E-state index contributed by atoms with van der Waals surface area (Å²) in [6.45, 7) is 2.93. The Bertz CT molecular complexity index is 1170. The Morgan fingerprint density at radius 3 is 2.36 bits per heavy atom. The number of piperidine rings is 2. The van der Waals surface area contributed by atoms with Gasteiger partial charge in [-0.1, -0.05) is 23.7 Å². The number of benzene rings is 2. The monoisotopic (exact) mass is 541 g/mol. The molecule has 2 saturated heterocycles. The molecule has 0 unspecified atom stereocenters. The molecular formula is C25H30ClF2N3O4S. The van der Waals surface area contributed by atoms with Gasteiger partial charge in [-0.3, -0.25) is 9.69 Å². The van der Waals surface area contributed by atoms with Gasteiger partial charge in [0.05, 0.1) is 9.92 Å². The summed E-state index contributed by atoms with van der Waals surface area (Å²) in [6.07, 6.45) is 3.39. The fourth-order valence-electron chi connectivity index (χ4n) is 4.74. The molecule has 1 N–H and O–H groups in total. The first-order chi connectivity index (χ1) is 17.2. The van der Waals surface area contributed by atoms with Crippen molar-refractivity contribution < 1.29 is 26.7 Å². The summed E-state index contributed by atoms with van der Waals surface area (Å²) in [7, 11) is -3.89. The van der Waals surface area contributed by atoms with Crippen LogP contribution in [-0.2, 0) is 14.8 Å². The molecule has 1 amide bonds. The first-order valence-corrected chi connectivity index (χ1v) is 14.0. The molecule has 2 aliphatic rings. The van der Waals surface area contributed by atoms with Crippen LogP contribution in [0.5, 0.6) is 5.75 Å². The predicted molar refractivity (Wildman–Crippen MR) is 132 cm³/mol. The van der Waals surface area contributed by atoms with E-state index >= 15 is 0 Å². The lowest BCUT2D eigenvalue weighted by Crippen LogP contribution is -2.50. The Balaban J connectivity index is 1.17. The fraction of sp³-hybridized carbons (Fsp3) is 0.480. The van der Waals surface area contributed by atoms with Crippen LogP contribution >= 0.6 is 11.6 Å². The SMILES string of the molecule is O=C(CCNS(=O)(=O)c1ccc(F)c(Cl)c1)N1CCC(N2CCC(Oc3ccccc3F)CC2)CC1. The lowest BCUT2D eigenvalue weighted by molar-refractivity contribution is -0.132. The number of amides is 1. The average molecular weight is 542 g/mol. The number of sulfonamides is 1. The van der Waals surface area contributed by atoms with Crippen LogP contribution in [0, 0.1) is 11.6 Å². The first kappa shape index (κ1) is 26.8. The van der Waals surface area contributed by atoms with Gasteiger partial charge in [0.1, 0.15) is 11.9 Å². The predicted octanol–water partition coefficient (Wildman–Crippen LogP) is 3.82. The number of rotatable bonds is 8. The summed E-state index contributed by atoms with van der Waals surface area (Å²) in [4.78, 5) is 16.7. The largest absolute Gasteiger partial charge is 0.487 e. The molecule has 0 radical (unpaired) electrons. The number of likely N-dealkylation sites (tertiary alicyclic amines) is 2. The summed E-state index contributed by atoms with van der Waals surface area (Å²) in [5, 5.41) is -0.279. The van der Waals surface area contributed by atoms with Crippen LogP contribution in [0.3, 0.4) is 0 Å². The number of hydrogen-bond donors (Lipinski definition) is 1. The maximum atomic E-state index is 13.8. The van der Waals surface area contributed by atoms with Gasteiger partial charge in [-0.25, -0.2) is 21.9 Å². The summed E-state index contributed by atoms with van der Waals surface area (Å²) < 4.78 is 60.1. The molecule has 0 atom stereocenters. The zero-order chi connectivity index (χ0) is 25.7. The Kier molecular flexibility index (Phi) is 8.82. The molecular weight excluding hydrogens is 512 g/mol. The lowest BCUT2D eigenvalue weighted by atomic mass is 9.98. The Labute approximate surface area is 215 Å². The van der Waals surface area contributed by atoms with Gasteiger partial charge in [-0.15, -0.1) is 0 Å². The quantitative estimate of drug-likeness (QED) is 0.550. The minimum absolute atomic E-state index is 0.00506. The van der Waals surface area contributed by atoms with Gasteiger partial charge in [-0.05, 0) is 56.0 Å². The van der Waals surface area contributed by atoms with E-state index in [1.807, 2.05) is 0 Å². The van der Waals surface area contributed by atoms with Gasteiger partial charge in [0.25, 0.3) is 0 Å². The Morgan fingerprint density at radius 2 is 1.69 bits per heavy atom. The highest BCUT2D eigenvalue weighted by molar-refractivity contribution is 7.89. The van der Waals surface area contributed by atoms with Crippen LogP contribution in [0.2, 0.25) is 5.02 Å². The second kappa shape index (κ2) is 11.9. The second-order valence-electron chi connectivity index (χ2n) is 9.12. The summed E-state index contributed by atoms with van der Waals surface area (Å²) in [5.41, 5.74) is 0. The van der Waals surface area contributed by atoms with E-state index in [1.54, 1.807) is 23.1 Å². The summed E-state index contributed by atoms with van der Waals surface area (Å²) in [6, 6.07) is 10.00. The highest BCUT2D eigenvalue weighted by Crippen LogP contribution is 2.25. The number of nitrogens with one attached hydrogen (secondary N) is 1. The van der Waals surface area contributed by atoms with E-state index in [1.165, 1.54) is 6.07 Å². The van der Waals surface area contributed by atoms with Crippen LogP contribution in [0.15, 0.2) is 47.4 Å². The highest BCUT2D eigenvalue weighted by Gasteiger charge is 2.30. The maximum Gasteiger partial charge on any atom is 0.240 e. The van der Waals surface area contributed by atoms with E-state index < -0.39 is 15.8 Å². The van der Waals surface area contributed by atoms with Gasteiger partial charge < -0.3 is 9.64 Å². The van der Waals surface area contributed by atoms with Crippen molar-refractivity contribution >= 4 is 27.5 Å². The molecule has 2 aromatic carbocycles. The zero-order valence-corrected chi connectivity index (χ0v) is 21.4. The van der Waals surface area contributed by atoms with Crippen LogP contribution in [0.25, 0.3) is 0 Å². The van der Waals surface area contributed by atoms with Crippen molar-refractivity contribution in [1.29, 1.82) is 0 Å². The number of hydrogen-bond acceptors (Lipinski definition) is 5. The number of carbonyl (C=O) groups is 1. The first-order valence-electron chi connectivity index (χ1n) is 12.1. The number of para-hydroxylation sites is 1. The van der Waals surface area contributed by atoms with Crippen molar-refractivity contribution in [1.82, 2.24) is 14.5 Å². The van der Waals surface area contributed by atoms with Crippen LogP contribution in [0.1, 0.15) is 32.1 Å². The van der Waals surface area contributed by atoms with Gasteiger partial charge in [0, 0.05) is 45.2 Å². The minimum atomic E-state index is -3.89. The van der Waals surface area contributed by atoms with E-state index in [4.69, 9.17) is 16.3 Å². The minimum Gasteiger partial charge on any atom is -0.487 e. The third-order valence-electron chi connectivity index (χ3n) is 6.77. The molecule has 36 heavy (non-hydrogen) atoms. The molecule has 2 heterocycles. The van der Waals surface area contributed by atoms with Gasteiger partial charge >= 0.3 is 0 Å². The summed E-state index contributed by atoms with van der Waals surface area (Å²) >= 11 is 5.67. The molecule has 0 aromatic heterocycles. The molecule has 196 valence electrons. The van der Waals surface area contributed by atoms with Gasteiger partial charge in [0.2, 0.25) is 15.9 Å². The van der Waals surface area contributed by atoms with Crippen molar-refractivity contribution in [2.24, 2.45) is 0 Å². The van der Waals surface area contributed by atoms with Crippen molar-refractivity contribution in [2.45, 2.75) is 49.1 Å². The van der Waals surface area contributed by atoms with Gasteiger partial charge in [0.15, 0.2) is 11.6 Å². The Morgan fingerprint density at radius 1 is 1.00 bits per heavy atom. The second-order valence-corrected chi connectivity index (χ2v) is 11.3. The average Bonchev–Trinajstić information content (AvgIpc) is 2.87. The third kappa shape index (κ3) is 6.73. The topological polar surface area (TPSA) is 79.0 Å². The smallest absolute Gasteiger partial charge is 0.240 e. The van der Waals surface area contributed by atoms with E-state index in [0.717, 1.165) is 57.0 Å². The number of nitrogens with zero attached hydrogens (tertiary/aromatic N) is 2. The molecule has 7 nitrogen and oxygen atoms in total. The van der Waals surface area contributed by atoms with E-state index in [-0.39, 0.29) is 40.7 Å². The Hall–Kier alpha value is -2.27. The number of carbonyl (C=O) groups excluding carboxylic acids is 1. The summed E-state index contributed by atoms with van der Waals surface area (Å²) in [5.74, 6) is -0.851. The normalized spacial score (nSPS) is 18.4. The zero-order valence-electron chi connectivity index (χ0n) is 19.8. The molecule has 0 bridgehead atoms. The lowest BCUT2D eigenvalue weighted by Gasteiger charge is -2.41. The third-order valence-corrected chi connectivity index (χ3v) is 8.52. The van der Waals surface area contributed by atoms with Crippen molar-refractivity contribution in [2.75, 3.05) is 32.7 Å². The standard InChI is InChI=1S/C25H30ClF2N3O4S/c26-21-17-20(5-6-22(21)27)36(33,34)29-12-7-25(32)31-13-8-18(9-14-31)30-15-10-19(11-16-30)35-24-4-2-1-3-23(24)28/h1-6,17-19,29H,7-16H2. The van der Waals surface area contributed by atoms with Crippen LogP contribution < -0.4 is 9.46 Å². The van der Waals surface area contributed by atoms with Crippen LogP contribution in [0.4, 0.5) is 8.78 Å². The highest BCUT2D eigenvalue weighted by atomic mass is 35.5. The molecule has 0 saturated carbocycles. The molecule has 11 heteroatoms. The van der Waals surface area contributed by atoms with E-state index in [9.17, 15) is 22.0 Å². The molecule has 4 rings (SSSR count). The molecule has 2 fully saturated rings. The van der Waals surface area contributed by atoms with Crippen molar-refractivity contribution in [3.05, 3.63) is 59.1 Å². The van der Waals surface area contributed by atoms with E-state index in [2.05, 4.69) is 9.62 Å². The molecule has 0 aliphatic carbocycles. The van der Waals surface area contributed by atoms with Gasteiger partial charge in [-0.2, -0.15) is 0 Å². The van der Waals surface area contributed by atoms with Crippen molar-refractivity contribution in [3.8, 4) is 5.75 Å². The van der Waals surface area contributed by atoms with Crippen molar-refractivity contribution in [3.63, 3.8) is 0 Å².